The van der Waals surface area contributed by atoms with Crippen LogP contribution in [0.4, 0.5) is 0 Å². The quantitative estimate of drug-likeness (QED) is 0.101. The number of benzene rings is 4. The van der Waals surface area contributed by atoms with E-state index in [2.05, 4.69) is 12.1 Å². The molecule has 6 atom stereocenters. The SMILES string of the molecule is C=S(C)[C@@H]1OC(COCc2ccc(OC)cc2)[C@@H](OCc2ccc(OC)cc2)[C@H](OCc2ccc(OC)cc2)[C@@H]1OCc1ccc(OC)cc1. The lowest BCUT2D eigenvalue weighted by Crippen LogP contribution is -2.60. The monoisotopic (exact) mass is 704 g/mol. The van der Waals surface area contributed by atoms with Gasteiger partial charge in [0.1, 0.15) is 52.8 Å². The summed E-state index contributed by atoms with van der Waals surface area (Å²) in [7, 11) is 6.17. The van der Waals surface area contributed by atoms with E-state index in [1.165, 1.54) is 0 Å². The lowest BCUT2D eigenvalue weighted by molar-refractivity contribution is -0.254. The molecule has 1 saturated heterocycles. The van der Waals surface area contributed by atoms with E-state index in [1.54, 1.807) is 28.4 Å². The summed E-state index contributed by atoms with van der Waals surface area (Å²) in [4.78, 5) is 0. The van der Waals surface area contributed by atoms with Crippen molar-refractivity contribution in [1.29, 1.82) is 0 Å². The second-order valence-corrected chi connectivity index (χ2v) is 13.8. The van der Waals surface area contributed by atoms with E-state index < -0.39 is 34.9 Å². The molecule has 1 aliphatic rings. The van der Waals surface area contributed by atoms with Gasteiger partial charge in [-0.1, -0.05) is 54.4 Å². The molecule has 1 fully saturated rings. The van der Waals surface area contributed by atoms with Gasteiger partial charge in [0.05, 0.1) is 61.5 Å². The topological polar surface area (TPSA) is 83.1 Å². The third kappa shape index (κ3) is 10.3. The minimum Gasteiger partial charge on any atom is -0.497 e. The summed E-state index contributed by atoms with van der Waals surface area (Å²) in [5.74, 6) is 7.54. The van der Waals surface area contributed by atoms with Crippen LogP contribution in [-0.2, 0) is 50.1 Å². The highest BCUT2D eigenvalue weighted by Crippen LogP contribution is 2.37. The molecule has 0 radical (unpaired) electrons. The lowest BCUT2D eigenvalue weighted by Gasteiger charge is -2.46. The Balaban J connectivity index is 1.42. The number of ether oxygens (including phenoxy) is 9. The van der Waals surface area contributed by atoms with Crippen LogP contribution in [0.2, 0.25) is 0 Å². The van der Waals surface area contributed by atoms with E-state index in [9.17, 15) is 0 Å². The van der Waals surface area contributed by atoms with Crippen molar-refractivity contribution in [2.45, 2.75) is 56.3 Å². The smallest absolute Gasteiger partial charge is 0.127 e. The molecule has 0 spiro atoms. The number of hydrogen-bond acceptors (Lipinski definition) is 9. The van der Waals surface area contributed by atoms with E-state index in [4.69, 9.17) is 42.6 Å². The number of hydrogen-bond donors (Lipinski definition) is 0. The van der Waals surface area contributed by atoms with Crippen LogP contribution in [0.5, 0.6) is 23.0 Å². The summed E-state index contributed by atoms with van der Waals surface area (Å²) in [6.45, 7) is 1.68. The van der Waals surface area contributed by atoms with Crippen LogP contribution in [0.15, 0.2) is 97.1 Å². The molecule has 1 aliphatic heterocycles. The van der Waals surface area contributed by atoms with Crippen molar-refractivity contribution in [1.82, 2.24) is 0 Å². The molecule has 4 aromatic carbocycles. The van der Waals surface area contributed by atoms with Gasteiger partial charge in [0, 0.05) is 0 Å². The minimum atomic E-state index is -0.535. The van der Waals surface area contributed by atoms with Crippen LogP contribution in [0.1, 0.15) is 22.3 Å². The summed E-state index contributed by atoms with van der Waals surface area (Å²) >= 11 is 0. The Morgan fingerprint density at radius 1 is 0.500 bits per heavy atom. The van der Waals surface area contributed by atoms with Crippen LogP contribution in [0, 0.1) is 0 Å². The fourth-order valence-corrected chi connectivity index (χ4v) is 6.68. The Labute approximate surface area is 298 Å². The van der Waals surface area contributed by atoms with Crippen molar-refractivity contribution >= 4 is 16.4 Å². The van der Waals surface area contributed by atoms with Crippen LogP contribution in [0.25, 0.3) is 0 Å². The number of methoxy groups -OCH3 is 4. The Morgan fingerprint density at radius 2 is 0.840 bits per heavy atom. The third-order valence-corrected chi connectivity index (χ3v) is 9.67. The second-order valence-electron chi connectivity index (χ2n) is 12.0. The molecule has 0 bridgehead atoms. The standard InChI is InChI=1S/C40H48O9S/c1-41-32-15-7-28(8-16-32)23-45-27-36-37(46-24-29-9-17-33(42-2)18-10-29)38(47-25-30-11-19-34(43-3)20-12-30)39(40(49-36)50(5)6)48-26-31-13-21-35(44-4)22-14-31/h7-22,36-40H,5,23-27H2,1-4,6H3/t36?,37-,38+,39+,40+,50?/m1/s1. The summed E-state index contributed by atoms with van der Waals surface area (Å²) in [6.07, 6.45) is 0.0586. The molecule has 2 unspecified atom stereocenters. The maximum Gasteiger partial charge on any atom is 0.127 e. The van der Waals surface area contributed by atoms with Crippen LogP contribution < -0.4 is 18.9 Å². The number of rotatable bonds is 18. The van der Waals surface area contributed by atoms with Crippen molar-refractivity contribution in [3.8, 4) is 23.0 Å². The van der Waals surface area contributed by atoms with Gasteiger partial charge >= 0.3 is 0 Å². The summed E-state index contributed by atoms with van der Waals surface area (Å²) in [6, 6.07) is 31.3. The van der Waals surface area contributed by atoms with Gasteiger partial charge in [-0.2, -0.15) is 10.5 Å². The highest BCUT2D eigenvalue weighted by Gasteiger charge is 2.48. The van der Waals surface area contributed by atoms with E-state index in [0.717, 1.165) is 45.3 Å². The Morgan fingerprint density at radius 3 is 1.20 bits per heavy atom. The predicted octanol–water partition coefficient (Wildman–Crippen LogP) is 7.05. The first-order valence-corrected chi connectivity index (χ1v) is 18.3. The van der Waals surface area contributed by atoms with Gasteiger partial charge in [-0.3, -0.25) is 0 Å². The highest BCUT2D eigenvalue weighted by atomic mass is 32.2. The molecule has 0 aliphatic carbocycles. The fraction of sp³-hybridized carbons (Fsp3) is 0.375. The minimum absolute atomic E-state index is 0.278. The Kier molecular flexibility index (Phi) is 14.1. The molecule has 0 amide bonds. The predicted molar refractivity (Wildman–Crippen MR) is 197 cm³/mol. The van der Waals surface area contributed by atoms with Crippen molar-refractivity contribution < 1.29 is 42.6 Å². The van der Waals surface area contributed by atoms with Gasteiger partial charge in [0.15, 0.2) is 0 Å². The maximum absolute atomic E-state index is 6.83. The van der Waals surface area contributed by atoms with Gasteiger partial charge in [0.25, 0.3) is 0 Å². The van der Waals surface area contributed by atoms with Gasteiger partial charge in [0.2, 0.25) is 0 Å². The molecule has 0 N–H and O–H groups in total. The average Bonchev–Trinajstić information content (AvgIpc) is 3.16. The van der Waals surface area contributed by atoms with Crippen LogP contribution >= 0.6 is 10.5 Å². The van der Waals surface area contributed by atoms with Crippen LogP contribution in [-0.4, -0.2) is 77.0 Å². The van der Waals surface area contributed by atoms with Gasteiger partial charge in [-0.15, -0.1) is 0 Å². The van der Waals surface area contributed by atoms with Crippen molar-refractivity contribution in [3.63, 3.8) is 0 Å². The van der Waals surface area contributed by atoms with E-state index in [0.29, 0.717) is 26.4 Å². The molecule has 0 saturated carbocycles. The summed E-state index contributed by atoms with van der Waals surface area (Å²) in [5.41, 5.74) is 3.63. The average molecular weight is 705 g/mol. The zero-order valence-corrected chi connectivity index (χ0v) is 30.3. The van der Waals surface area contributed by atoms with Gasteiger partial charge in [-0.25, -0.2) is 0 Å². The summed E-state index contributed by atoms with van der Waals surface area (Å²) in [5, 5.41) is 0. The van der Waals surface area contributed by atoms with Gasteiger partial charge < -0.3 is 42.6 Å². The zero-order chi connectivity index (χ0) is 35.3. The lowest BCUT2D eigenvalue weighted by atomic mass is 9.98. The fourth-order valence-electron chi connectivity index (χ4n) is 5.66. The van der Waals surface area contributed by atoms with Crippen molar-refractivity contribution in [3.05, 3.63) is 119 Å². The molecule has 268 valence electrons. The van der Waals surface area contributed by atoms with Crippen molar-refractivity contribution in [2.24, 2.45) is 0 Å². The molecule has 1 heterocycles. The molecule has 0 aromatic heterocycles. The molecule has 10 heteroatoms. The van der Waals surface area contributed by atoms with Crippen molar-refractivity contribution in [2.75, 3.05) is 41.3 Å². The second kappa shape index (κ2) is 18.9. The third-order valence-electron chi connectivity index (χ3n) is 8.50. The molecule has 4 aromatic rings. The first-order valence-electron chi connectivity index (χ1n) is 16.4. The molecule has 50 heavy (non-hydrogen) atoms. The molecular weight excluding hydrogens is 656 g/mol. The highest BCUT2D eigenvalue weighted by molar-refractivity contribution is 8.13. The normalized spacial score (nSPS) is 20.9. The maximum atomic E-state index is 6.83. The first-order chi connectivity index (χ1) is 24.4. The largest absolute Gasteiger partial charge is 0.497 e. The zero-order valence-electron chi connectivity index (χ0n) is 29.4. The van der Waals surface area contributed by atoms with Crippen LogP contribution in [0.3, 0.4) is 0 Å². The summed E-state index contributed by atoms with van der Waals surface area (Å²) < 4.78 is 54.8. The van der Waals surface area contributed by atoms with E-state index in [-0.39, 0.29) is 12.0 Å². The molecule has 9 nitrogen and oxygen atoms in total. The molecular formula is C40H48O9S. The Hall–Kier alpha value is -3.90. The molecule has 5 rings (SSSR count). The van der Waals surface area contributed by atoms with E-state index >= 15 is 0 Å². The Bertz CT molecular complexity index is 1590. The first kappa shape index (κ1) is 37.4. The van der Waals surface area contributed by atoms with Gasteiger partial charge in [-0.05, 0) is 77.0 Å². The van der Waals surface area contributed by atoms with E-state index in [1.807, 2.05) is 97.1 Å².